The van der Waals surface area contributed by atoms with E-state index >= 15 is 0 Å². The minimum Gasteiger partial charge on any atom is -0.345 e. The summed E-state index contributed by atoms with van der Waals surface area (Å²) >= 11 is 0. The van der Waals surface area contributed by atoms with Crippen LogP contribution in [0.5, 0.6) is 0 Å². The first-order valence-electron chi connectivity index (χ1n) is 4.28. The van der Waals surface area contributed by atoms with Crippen LogP contribution in [0.4, 0.5) is 0 Å². The van der Waals surface area contributed by atoms with E-state index in [0.717, 1.165) is 32.5 Å². The van der Waals surface area contributed by atoms with Crippen LogP contribution in [0.1, 0.15) is 12.8 Å². The van der Waals surface area contributed by atoms with E-state index in [9.17, 15) is 4.79 Å². The van der Waals surface area contributed by atoms with E-state index in [2.05, 4.69) is 10.6 Å². The Bertz CT molecular complexity index is 189. The number of hydrogen-bond donors (Lipinski definition) is 2. The van der Waals surface area contributed by atoms with Crippen molar-refractivity contribution < 1.29 is 4.79 Å². The lowest BCUT2D eigenvalue weighted by Gasteiger charge is -2.22. The molecule has 1 aliphatic heterocycles. The van der Waals surface area contributed by atoms with Crippen LogP contribution in [0.25, 0.3) is 0 Å². The third-order valence-corrected chi connectivity index (χ3v) is 2.14. The van der Waals surface area contributed by atoms with E-state index in [1.807, 2.05) is 5.92 Å². The third-order valence-electron chi connectivity index (χ3n) is 2.14. The van der Waals surface area contributed by atoms with Crippen molar-refractivity contribution in [1.82, 2.24) is 10.6 Å². The first kappa shape index (κ1) is 9.08. The first-order chi connectivity index (χ1) is 5.83. The van der Waals surface area contributed by atoms with Crippen molar-refractivity contribution >= 4 is 5.91 Å². The molecule has 66 valence electrons. The van der Waals surface area contributed by atoms with Gasteiger partial charge in [-0.2, -0.15) is 0 Å². The Morgan fingerprint density at radius 3 is 2.83 bits per heavy atom. The summed E-state index contributed by atoms with van der Waals surface area (Å²) < 4.78 is 0. The normalized spacial score (nSPS) is 18.2. The number of piperidine rings is 1. The molecule has 3 heteroatoms. The Hall–Kier alpha value is -1.01. The Morgan fingerprint density at radius 1 is 1.58 bits per heavy atom. The minimum absolute atomic E-state index is 0.298. The summed E-state index contributed by atoms with van der Waals surface area (Å²) in [5.74, 6) is 2.34. The molecule has 0 aliphatic carbocycles. The van der Waals surface area contributed by atoms with Crippen molar-refractivity contribution in [2.24, 2.45) is 5.92 Å². The molecule has 1 amide bonds. The van der Waals surface area contributed by atoms with E-state index in [1.54, 1.807) is 0 Å². The highest BCUT2D eigenvalue weighted by Gasteiger charge is 2.12. The van der Waals surface area contributed by atoms with Crippen molar-refractivity contribution in [2.75, 3.05) is 19.6 Å². The number of hydrogen-bond acceptors (Lipinski definition) is 2. The smallest absolute Gasteiger partial charge is 0.295 e. The highest BCUT2D eigenvalue weighted by atomic mass is 16.1. The molecule has 0 atom stereocenters. The average molecular weight is 166 g/mol. The van der Waals surface area contributed by atoms with Gasteiger partial charge in [-0.15, -0.1) is 6.42 Å². The largest absolute Gasteiger partial charge is 0.345 e. The molecule has 1 fully saturated rings. The fourth-order valence-electron chi connectivity index (χ4n) is 1.37. The number of terminal acetylenes is 1. The summed E-state index contributed by atoms with van der Waals surface area (Å²) in [6.07, 6.45) is 7.17. The Labute approximate surface area is 72.9 Å². The van der Waals surface area contributed by atoms with E-state index in [0.29, 0.717) is 5.92 Å². The lowest BCUT2D eigenvalue weighted by atomic mass is 9.98. The lowest BCUT2D eigenvalue weighted by Crippen LogP contribution is -2.35. The maximum atomic E-state index is 10.7. The van der Waals surface area contributed by atoms with Gasteiger partial charge in [-0.1, -0.05) is 0 Å². The monoisotopic (exact) mass is 166 g/mol. The molecule has 3 nitrogen and oxygen atoms in total. The van der Waals surface area contributed by atoms with Crippen LogP contribution >= 0.6 is 0 Å². The average Bonchev–Trinajstić information content (AvgIpc) is 2.16. The summed E-state index contributed by atoms with van der Waals surface area (Å²) in [6, 6.07) is 0. The lowest BCUT2D eigenvalue weighted by molar-refractivity contribution is -0.115. The molecule has 0 bridgehead atoms. The zero-order valence-corrected chi connectivity index (χ0v) is 7.10. The van der Waals surface area contributed by atoms with E-state index < -0.39 is 0 Å². The summed E-state index contributed by atoms with van der Waals surface area (Å²) in [7, 11) is 0. The van der Waals surface area contributed by atoms with Gasteiger partial charge in [-0.05, 0) is 37.8 Å². The van der Waals surface area contributed by atoms with Gasteiger partial charge < -0.3 is 10.6 Å². The van der Waals surface area contributed by atoms with E-state index in [-0.39, 0.29) is 5.91 Å². The van der Waals surface area contributed by atoms with Gasteiger partial charge in [0.2, 0.25) is 0 Å². The quantitative estimate of drug-likeness (QED) is 0.555. The molecule has 0 unspecified atom stereocenters. The predicted octanol–water partition coefficient (Wildman–Crippen LogP) is -0.265. The summed E-state index contributed by atoms with van der Waals surface area (Å²) in [6.45, 7) is 2.83. The molecule has 0 saturated carbocycles. The SMILES string of the molecule is C#CC(=O)NCC1CCNCC1. The maximum Gasteiger partial charge on any atom is 0.295 e. The molecule has 2 N–H and O–H groups in total. The predicted molar refractivity (Wildman–Crippen MR) is 47.4 cm³/mol. The second-order valence-corrected chi connectivity index (χ2v) is 3.05. The van der Waals surface area contributed by atoms with Gasteiger partial charge in [0.25, 0.3) is 5.91 Å². The van der Waals surface area contributed by atoms with Gasteiger partial charge in [0.1, 0.15) is 0 Å². The van der Waals surface area contributed by atoms with E-state index in [4.69, 9.17) is 6.42 Å². The van der Waals surface area contributed by atoms with Crippen LogP contribution in [0.2, 0.25) is 0 Å². The molecule has 0 radical (unpaired) electrons. The Morgan fingerprint density at radius 2 is 2.25 bits per heavy atom. The number of carbonyl (C=O) groups is 1. The van der Waals surface area contributed by atoms with Crippen molar-refractivity contribution in [3.63, 3.8) is 0 Å². The number of nitrogens with one attached hydrogen (secondary N) is 2. The highest BCUT2D eigenvalue weighted by molar-refractivity contribution is 5.92. The summed E-state index contributed by atoms with van der Waals surface area (Å²) in [5, 5.41) is 5.96. The number of amides is 1. The summed E-state index contributed by atoms with van der Waals surface area (Å²) in [4.78, 5) is 10.7. The maximum absolute atomic E-state index is 10.7. The molecule has 1 saturated heterocycles. The third kappa shape index (κ3) is 2.93. The first-order valence-corrected chi connectivity index (χ1v) is 4.28. The van der Waals surface area contributed by atoms with Gasteiger partial charge in [0.05, 0.1) is 0 Å². The second-order valence-electron chi connectivity index (χ2n) is 3.05. The topological polar surface area (TPSA) is 41.1 Å². The molecule has 1 aliphatic rings. The van der Waals surface area contributed by atoms with E-state index in [1.165, 1.54) is 0 Å². The van der Waals surface area contributed by atoms with Crippen molar-refractivity contribution in [3.05, 3.63) is 0 Å². The number of rotatable bonds is 2. The van der Waals surface area contributed by atoms with Crippen LogP contribution in [-0.2, 0) is 4.79 Å². The zero-order valence-electron chi connectivity index (χ0n) is 7.10. The Kier molecular flexibility index (Phi) is 3.62. The van der Waals surface area contributed by atoms with Gasteiger partial charge in [-0.3, -0.25) is 4.79 Å². The van der Waals surface area contributed by atoms with Gasteiger partial charge >= 0.3 is 0 Å². The van der Waals surface area contributed by atoms with Gasteiger partial charge in [-0.25, -0.2) is 0 Å². The van der Waals surface area contributed by atoms with Crippen LogP contribution in [0, 0.1) is 18.3 Å². The van der Waals surface area contributed by atoms with Gasteiger partial charge in [0, 0.05) is 6.54 Å². The summed E-state index contributed by atoms with van der Waals surface area (Å²) in [5.41, 5.74) is 0. The van der Waals surface area contributed by atoms with Gasteiger partial charge in [0.15, 0.2) is 0 Å². The highest BCUT2D eigenvalue weighted by Crippen LogP contribution is 2.09. The fourth-order valence-corrected chi connectivity index (χ4v) is 1.37. The van der Waals surface area contributed by atoms with Crippen molar-refractivity contribution in [2.45, 2.75) is 12.8 Å². The van der Waals surface area contributed by atoms with Crippen LogP contribution in [0.3, 0.4) is 0 Å². The van der Waals surface area contributed by atoms with Crippen LogP contribution in [0.15, 0.2) is 0 Å². The molecule has 0 aromatic rings. The number of carbonyl (C=O) groups excluding carboxylic acids is 1. The Balaban J connectivity index is 2.14. The fraction of sp³-hybridized carbons (Fsp3) is 0.667. The van der Waals surface area contributed by atoms with Crippen LogP contribution < -0.4 is 10.6 Å². The van der Waals surface area contributed by atoms with Crippen molar-refractivity contribution in [1.29, 1.82) is 0 Å². The second kappa shape index (κ2) is 4.78. The standard InChI is InChI=1S/C9H14N2O/c1-2-9(12)11-7-8-3-5-10-6-4-8/h1,8,10H,3-7H2,(H,11,12). The molecule has 1 heterocycles. The van der Waals surface area contributed by atoms with Crippen molar-refractivity contribution in [3.8, 4) is 12.3 Å². The molecule has 12 heavy (non-hydrogen) atoms. The molecule has 0 spiro atoms. The zero-order chi connectivity index (χ0) is 8.81. The molecule has 0 aromatic carbocycles. The molecular weight excluding hydrogens is 152 g/mol. The minimum atomic E-state index is -0.298. The molecule has 0 aromatic heterocycles. The molecular formula is C9H14N2O. The molecule has 1 rings (SSSR count). The van der Waals surface area contributed by atoms with Crippen LogP contribution in [-0.4, -0.2) is 25.5 Å².